The number of nitrogens with two attached hydrogens (primary N) is 1. The maximum atomic E-state index is 13.6. The number of aliphatic hydroxyl groups excluding tert-OH is 1. The van der Waals surface area contributed by atoms with Gasteiger partial charge in [0.25, 0.3) is 0 Å². The smallest absolute Gasteiger partial charge is 0.306 e. The van der Waals surface area contributed by atoms with Gasteiger partial charge in [-0.15, -0.1) is 0 Å². The van der Waals surface area contributed by atoms with Gasteiger partial charge in [0.05, 0.1) is 18.2 Å². The summed E-state index contributed by atoms with van der Waals surface area (Å²) >= 11 is 0. The van der Waals surface area contributed by atoms with Crippen LogP contribution >= 0.6 is 0 Å². The largest absolute Gasteiger partial charge is 0.481 e. The molecular formula is C32H42N4O6. The Morgan fingerprint density at radius 1 is 1.05 bits per heavy atom. The van der Waals surface area contributed by atoms with Gasteiger partial charge in [0.2, 0.25) is 5.91 Å². The minimum atomic E-state index is -0.770. The summed E-state index contributed by atoms with van der Waals surface area (Å²) in [5.74, 6) is 1.10. The number of rotatable bonds is 11. The molecule has 10 heteroatoms. The van der Waals surface area contributed by atoms with Crippen molar-refractivity contribution in [3.05, 3.63) is 54.1 Å². The summed E-state index contributed by atoms with van der Waals surface area (Å²) in [6.07, 6.45) is 5.06. The van der Waals surface area contributed by atoms with Crippen LogP contribution in [0, 0.1) is 11.8 Å². The van der Waals surface area contributed by atoms with E-state index in [1.165, 1.54) is 0 Å². The van der Waals surface area contributed by atoms with Gasteiger partial charge in [-0.05, 0) is 81.2 Å². The third-order valence-electron chi connectivity index (χ3n) is 8.91. The normalized spacial score (nSPS) is 21.6. The lowest BCUT2D eigenvalue weighted by atomic mass is 9.84. The van der Waals surface area contributed by atoms with Crippen LogP contribution in [0.5, 0.6) is 11.5 Å². The summed E-state index contributed by atoms with van der Waals surface area (Å²) in [7, 11) is 0. The molecule has 2 aromatic carbocycles. The Morgan fingerprint density at radius 2 is 1.79 bits per heavy atom. The van der Waals surface area contributed by atoms with Crippen molar-refractivity contribution >= 4 is 23.5 Å². The van der Waals surface area contributed by atoms with E-state index in [1.54, 1.807) is 4.90 Å². The molecule has 1 atom stereocenters. The highest BCUT2D eigenvalue weighted by molar-refractivity contribution is 5.84. The van der Waals surface area contributed by atoms with Crippen LogP contribution in [0.4, 0.5) is 5.69 Å². The molecule has 2 aromatic rings. The van der Waals surface area contributed by atoms with Gasteiger partial charge >= 0.3 is 5.97 Å². The van der Waals surface area contributed by atoms with Gasteiger partial charge in [0.1, 0.15) is 11.5 Å². The Hall–Kier alpha value is -3.63. The maximum Gasteiger partial charge on any atom is 0.306 e. The molecule has 1 amide bonds. The molecule has 1 saturated carbocycles. The minimum Gasteiger partial charge on any atom is -0.481 e. The van der Waals surface area contributed by atoms with Crippen molar-refractivity contribution in [2.45, 2.75) is 70.0 Å². The molecule has 1 saturated heterocycles. The number of hydrogen-bond acceptors (Lipinski definition) is 8. The van der Waals surface area contributed by atoms with Gasteiger partial charge in [0, 0.05) is 50.4 Å². The van der Waals surface area contributed by atoms with Crippen molar-refractivity contribution in [3.8, 4) is 11.5 Å². The van der Waals surface area contributed by atoms with Gasteiger partial charge in [-0.1, -0.05) is 18.2 Å². The van der Waals surface area contributed by atoms with E-state index in [2.05, 4.69) is 4.90 Å². The molecule has 5 rings (SSSR count). The lowest BCUT2D eigenvalue weighted by Gasteiger charge is -2.42. The number of aliphatic imine (C=N–C) groups is 1. The molecule has 0 aromatic heterocycles. The van der Waals surface area contributed by atoms with E-state index in [0.717, 1.165) is 35.6 Å². The second kappa shape index (κ2) is 14.0. The van der Waals surface area contributed by atoms with Gasteiger partial charge in [0.15, 0.2) is 5.96 Å². The lowest BCUT2D eigenvalue weighted by molar-refractivity contribution is -0.143. The average molecular weight is 579 g/mol. The number of para-hydroxylation sites is 1. The Kier molecular flexibility index (Phi) is 9.97. The summed E-state index contributed by atoms with van der Waals surface area (Å²) in [6, 6.07) is 15.4. The number of guanidine groups is 1. The Balaban J connectivity index is 1.30. The third kappa shape index (κ3) is 7.22. The predicted octanol–water partition coefficient (Wildman–Crippen LogP) is 4.28. The first-order valence-corrected chi connectivity index (χ1v) is 15.1. The van der Waals surface area contributed by atoms with Gasteiger partial charge in [-0.25, -0.2) is 4.99 Å². The second-order valence-electron chi connectivity index (χ2n) is 11.5. The highest BCUT2D eigenvalue weighted by Gasteiger charge is 2.35. The molecule has 2 fully saturated rings. The summed E-state index contributed by atoms with van der Waals surface area (Å²) in [4.78, 5) is 33.6. The number of carboxylic acid groups (broad SMARTS) is 1. The highest BCUT2D eigenvalue weighted by Crippen LogP contribution is 2.36. The number of ether oxygens (including phenoxy) is 2. The topological polar surface area (TPSA) is 138 Å². The minimum absolute atomic E-state index is 0.00725. The maximum absolute atomic E-state index is 13.6. The number of carboxylic acids is 1. The van der Waals surface area contributed by atoms with Crippen LogP contribution in [0.1, 0.15) is 56.9 Å². The number of aliphatic carboxylic acids is 1. The van der Waals surface area contributed by atoms with E-state index in [-0.39, 0.29) is 37.1 Å². The fourth-order valence-corrected chi connectivity index (χ4v) is 6.64. The second-order valence-corrected chi connectivity index (χ2v) is 11.5. The van der Waals surface area contributed by atoms with Crippen LogP contribution < -0.4 is 10.5 Å². The number of nitrogens with zero attached hydrogens (tertiary/aromatic N) is 3. The Morgan fingerprint density at radius 3 is 2.48 bits per heavy atom. The first-order chi connectivity index (χ1) is 20.4. The van der Waals surface area contributed by atoms with Crippen LogP contribution in [0.25, 0.3) is 0 Å². The van der Waals surface area contributed by atoms with Gasteiger partial charge in [-0.2, -0.15) is 0 Å². The summed E-state index contributed by atoms with van der Waals surface area (Å²) in [6.45, 7) is 2.05. The van der Waals surface area contributed by atoms with Crippen molar-refractivity contribution in [2.24, 2.45) is 22.6 Å². The van der Waals surface area contributed by atoms with Crippen LogP contribution in [-0.4, -0.2) is 76.3 Å². The van der Waals surface area contributed by atoms with Crippen LogP contribution in [0.3, 0.4) is 0 Å². The highest BCUT2D eigenvalue weighted by atomic mass is 16.5. The van der Waals surface area contributed by atoms with E-state index < -0.39 is 5.97 Å². The monoisotopic (exact) mass is 578 g/mol. The number of aliphatic hydroxyl groups is 1. The fourth-order valence-electron chi connectivity index (χ4n) is 6.64. The first kappa shape index (κ1) is 29.8. The molecule has 0 spiro atoms. The molecule has 2 aliphatic heterocycles. The Bertz CT molecular complexity index is 1240. The molecule has 3 aliphatic rings. The molecule has 10 nitrogen and oxygen atoms in total. The zero-order chi connectivity index (χ0) is 29.5. The zero-order valence-corrected chi connectivity index (χ0v) is 24.1. The van der Waals surface area contributed by atoms with Crippen molar-refractivity contribution in [2.75, 3.05) is 26.4 Å². The van der Waals surface area contributed by atoms with Gasteiger partial charge < -0.3 is 35.2 Å². The van der Waals surface area contributed by atoms with E-state index in [1.807, 2.05) is 48.5 Å². The van der Waals surface area contributed by atoms with Crippen molar-refractivity contribution in [1.29, 1.82) is 0 Å². The van der Waals surface area contributed by atoms with Crippen molar-refractivity contribution in [1.82, 2.24) is 9.80 Å². The fraction of sp³-hybridized carbons (Fsp3) is 0.531. The van der Waals surface area contributed by atoms with Crippen LogP contribution in [-0.2, 0) is 20.9 Å². The molecule has 0 unspecified atom stereocenters. The third-order valence-corrected chi connectivity index (χ3v) is 8.91. The summed E-state index contributed by atoms with van der Waals surface area (Å²) < 4.78 is 11.7. The van der Waals surface area contributed by atoms with Gasteiger partial charge in [-0.3, -0.25) is 9.59 Å². The molecule has 226 valence electrons. The first-order valence-electron chi connectivity index (χ1n) is 15.1. The van der Waals surface area contributed by atoms with E-state index in [9.17, 15) is 19.8 Å². The van der Waals surface area contributed by atoms with E-state index in [4.69, 9.17) is 20.2 Å². The lowest BCUT2D eigenvalue weighted by Crippen LogP contribution is -2.50. The molecule has 4 N–H and O–H groups in total. The van der Waals surface area contributed by atoms with E-state index >= 15 is 0 Å². The standard InChI is InChI=1S/C32H42N4O6/c33-32-34-28-11-10-27(42-26-4-2-1-3-5-26)20-24(28)21-36(32)29(22-14-18-41-19-15-22)12-13-30(38)35(16-17-37)25-8-6-23(7-9-25)31(39)40/h1-5,10-11,20,22-23,25,29,37H,6-9,12-19,21H2,(H2,33,34)(H,39,40)/t23-,25+,29-/m0/s1. The summed E-state index contributed by atoms with van der Waals surface area (Å²) in [5.41, 5.74) is 8.40. The Labute approximate surface area is 247 Å². The van der Waals surface area contributed by atoms with E-state index in [0.29, 0.717) is 70.2 Å². The molecule has 42 heavy (non-hydrogen) atoms. The van der Waals surface area contributed by atoms with Crippen LogP contribution in [0.15, 0.2) is 53.5 Å². The molecule has 0 radical (unpaired) electrons. The molecule has 0 bridgehead atoms. The summed E-state index contributed by atoms with van der Waals surface area (Å²) in [5, 5.41) is 19.1. The number of amides is 1. The van der Waals surface area contributed by atoms with Crippen LogP contribution in [0.2, 0.25) is 0 Å². The average Bonchev–Trinajstić information content (AvgIpc) is 3.01. The van der Waals surface area contributed by atoms with Crippen molar-refractivity contribution in [3.63, 3.8) is 0 Å². The number of carbonyl (C=O) groups excluding carboxylic acids is 1. The molecule has 1 aliphatic carbocycles. The molecular weight excluding hydrogens is 536 g/mol. The number of carbonyl (C=O) groups is 2. The quantitative estimate of drug-likeness (QED) is 0.359. The number of hydrogen-bond donors (Lipinski definition) is 3. The SMILES string of the molecule is NC1=Nc2ccc(Oc3ccccc3)cc2CN1[C@@H](CCC(=O)N(CCO)[C@H]1CC[C@@H](C(=O)O)CC1)C1CCOCC1. The molecule has 2 heterocycles. The predicted molar refractivity (Wildman–Crippen MR) is 159 cm³/mol. The number of benzene rings is 2. The zero-order valence-electron chi connectivity index (χ0n) is 24.1. The number of fused-ring (bicyclic) bond motifs is 1. The van der Waals surface area contributed by atoms with Crippen molar-refractivity contribution < 1.29 is 29.3 Å².